The van der Waals surface area contributed by atoms with Crippen molar-refractivity contribution in [2.24, 2.45) is 0 Å². The number of halogens is 1. The third-order valence-corrected chi connectivity index (χ3v) is 3.78. The topological polar surface area (TPSA) is 78.0 Å². The number of hydrogen-bond acceptors (Lipinski definition) is 5. The molecule has 23 heavy (non-hydrogen) atoms. The van der Waals surface area contributed by atoms with Crippen LogP contribution in [-0.2, 0) is 6.42 Å². The molecule has 4 rings (SSSR count). The number of rotatable bonds is 2. The smallest absolute Gasteiger partial charge is 0.282 e. The second-order valence-electron chi connectivity index (χ2n) is 5.00. The Balaban J connectivity index is 2.02. The van der Waals surface area contributed by atoms with E-state index in [4.69, 9.17) is 11.6 Å². The predicted molar refractivity (Wildman–Crippen MR) is 86.1 cm³/mol. The second kappa shape index (κ2) is 5.13. The zero-order valence-corrected chi connectivity index (χ0v) is 12.9. The maximum Gasteiger partial charge on any atom is 0.285 e. The standard InChI is InChI=1S/C15H11ClN6O/c1-2-12-17-15-19-18-13-11(22(15)20-12)6-7-21(14(13)23)10-5-3-4-9(16)8-10/h3-8H,2H2,1H3. The van der Waals surface area contributed by atoms with E-state index in [1.54, 1.807) is 41.0 Å². The number of nitrogens with zero attached hydrogens (tertiary/aromatic N) is 6. The van der Waals surface area contributed by atoms with Gasteiger partial charge in [-0.05, 0) is 24.3 Å². The minimum absolute atomic E-state index is 0.229. The first kappa shape index (κ1) is 13.8. The summed E-state index contributed by atoms with van der Waals surface area (Å²) in [5, 5.41) is 12.9. The number of benzene rings is 1. The summed E-state index contributed by atoms with van der Waals surface area (Å²) in [5.41, 5.74) is 1.19. The lowest BCUT2D eigenvalue weighted by Gasteiger charge is -2.07. The van der Waals surface area contributed by atoms with E-state index in [2.05, 4.69) is 20.3 Å². The number of aromatic nitrogens is 6. The molecule has 0 aliphatic heterocycles. The minimum atomic E-state index is -0.285. The van der Waals surface area contributed by atoms with Crippen LogP contribution in [0.1, 0.15) is 12.7 Å². The van der Waals surface area contributed by atoms with E-state index in [1.807, 2.05) is 6.92 Å². The first-order chi connectivity index (χ1) is 11.2. The van der Waals surface area contributed by atoms with Gasteiger partial charge < -0.3 is 0 Å². The molecule has 0 aliphatic carbocycles. The van der Waals surface area contributed by atoms with Gasteiger partial charge in [-0.1, -0.05) is 24.6 Å². The molecular formula is C15H11ClN6O. The third-order valence-electron chi connectivity index (χ3n) is 3.55. The molecule has 0 bridgehead atoms. The van der Waals surface area contributed by atoms with Gasteiger partial charge in [0, 0.05) is 17.6 Å². The molecule has 0 radical (unpaired) electrons. The van der Waals surface area contributed by atoms with Crippen molar-refractivity contribution in [2.75, 3.05) is 0 Å². The van der Waals surface area contributed by atoms with Crippen LogP contribution >= 0.6 is 11.6 Å². The number of fused-ring (bicyclic) bond motifs is 3. The second-order valence-corrected chi connectivity index (χ2v) is 5.43. The molecule has 3 heterocycles. The van der Waals surface area contributed by atoms with Gasteiger partial charge in [-0.2, -0.15) is 9.50 Å². The van der Waals surface area contributed by atoms with Crippen molar-refractivity contribution in [2.45, 2.75) is 13.3 Å². The summed E-state index contributed by atoms with van der Waals surface area (Å²) < 4.78 is 3.03. The summed E-state index contributed by atoms with van der Waals surface area (Å²) in [4.78, 5) is 17.0. The minimum Gasteiger partial charge on any atom is -0.282 e. The highest BCUT2D eigenvalue weighted by Crippen LogP contribution is 2.15. The summed E-state index contributed by atoms with van der Waals surface area (Å²) in [6, 6.07) is 8.82. The zero-order chi connectivity index (χ0) is 16.0. The molecule has 0 saturated heterocycles. The maximum atomic E-state index is 12.7. The SMILES string of the molecule is CCc1nc2nnc3c(=O)n(-c4cccc(Cl)c4)ccc3n2n1. The highest BCUT2D eigenvalue weighted by Gasteiger charge is 2.12. The number of hydrogen-bond donors (Lipinski definition) is 0. The Morgan fingerprint density at radius 3 is 2.87 bits per heavy atom. The summed E-state index contributed by atoms with van der Waals surface area (Å²) >= 11 is 6.00. The summed E-state index contributed by atoms with van der Waals surface area (Å²) in [7, 11) is 0. The summed E-state index contributed by atoms with van der Waals surface area (Å²) in [6.45, 7) is 1.95. The highest BCUT2D eigenvalue weighted by atomic mass is 35.5. The summed E-state index contributed by atoms with van der Waals surface area (Å²) in [5.74, 6) is 1.04. The first-order valence-corrected chi connectivity index (χ1v) is 7.45. The predicted octanol–water partition coefficient (Wildman–Crippen LogP) is 2.04. The zero-order valence-electron chi connectivity index (χ0n) is 12.1. The van der Waals surface area contributed by atoms with Gasteiger partial charge in [-0.15, -0.1) is 15.3 Å². The monoisotopic (exact) mass is 326 g/mol. The number of pyridine rings is 1. The van der Waals surface area contributed by atoms with Crippen LogP contribution in [-0.4, -0.2) is 29.4 Å². The van der Waals surface area contributed by atoms with Crippen molar-refractivity contribution in [3.05, 3.63) is 57.7 Å². The Labute approximate surface area is 135 Å². The van der Waals surface area contributed by atoms with Crippen molar-refractivity contribution in [1.82, 2.24) is 29.4 Å². The average Bonchev–Trinajstić information content (AvgIpc) is 2.99. The molecule has 0 atom stereocenters. The third kappa shape index (κ3) is 2.17. The largest absolute Gasteiger partial charge is 0.285 e. The molecule has 0 aliphatic rings. The van der Waals surface area contributed by atoms with E-state index in [0.29, 0.717) is 34.2 Å². The Morgan fingerprint density at radius 2 is 2.09 bits per heavy atom. The van der Waals surface area contributed by atoms with Crippen molar-refractivity contribution in [3.8, 4) is 5.69 Å². The van der Waals surface area contributed by atoms with E-state index >= 15 is 0 Å². The van der Waals surface area contributed by atoms with E-state index in [1.165, 1.54) is 4.57 Å². The molecule has 8 heteroatoms. The van der Waals surface area contributed by atoms with Gasteiger partial charge in [-0.25, -0.2) is 0 Å². The molecule has 1 aromatic carbocycles. The van der Waals surface area contributed by atoms with Crippen LogP contribution in [0.15, 0.2) is 41.3 Å². The van der Waals surface area contributed by atoms with Gasteiger partial charge in [0.05, 0.1) is 5.69 Å². The lowest BCUT2D eigenvalue weighted by molar-refractivity contribution is 0.883. The molecule has 0 unspecified atom stereocenters. The molecule has 0 saturated carbocycles. The lowest BCUT2D eigenvalue weighted by atomic mass is 10.3. The first-order valence-electron chi connectivity index (χ1n) is 7.07. The van der Waals surface area contributed by atoms with Gasteiger partial charge in [0.1, 0.15) is 5.52 Å². The fourth-order valence-electron chi connectivity index (χ4n) is 2.43. The molecule has 3 aromatic heterocycles. The Kier molecular flexibility index (Phi) is 3.09. The van der Waals surface area contributed by atoms with E-state index in [0.717, 1.165) is 0 Å². The Hall–Kier alpha value is -2.80. The van der Waals surface area contributed by atoms with E-state index in [-0.39, 0.29) is 11.1 Å². The molecule has 0 fully saturated rings. The fraction of sp³-hybridized carbons (Fsp3) is 0.133. The molecule has 7 nitrogen and oxygen atoms in total. The van der Waals surface area contributed by atoms with Gasteiger partial charge in [0.25, 0.3) is 11.3 Å². The van der Waals surface area contributed by atoms with Crippen LogP contribution in [0.5, 0.6) is 0 Å². The molecule has 114 valence electrons. The van der Waals surface area contributed by atoms with Gasteiger partial charge in [-0.3, -0.25) is 9.36 Å². The average molecular weight is 327 g/mol. The molecule has 0 spiro atoms. The summed E-state index contributed by atoms with van der Waals surface area (Å²) in [6.07, 6.45) is 2.36. The van der Waals surface area contributed by atoms with Crippen LogP contribution < -0.4 is 5.56 Å². The van der Waals surface area contributed by atoms with Crippen LogP contribution in [0.2, 0.25) is 5.02 Å². The van der Waals surface area contributed by atoms with E-state index < -0.39 is 0 Å². The lowest BCUT2D eigenvalue weighted by Crippen LogP contribution is -2.20. The molecular weight excluding hydrogens is 316 g/mol. The maximum absolute atomic E-state index is 12.7. The molecule has 0 amide bonds. The normalized spacial score (nSPS) is 11.4. The van der Waals surface area contributed by atoms with Gasteiger partial charge in [0.15, 0.2) is 11.3 Å². The van der Waals surface area contributed by atoms with E-state index in [9.17, 15) is 4.79 Å². The number of aryl methyl sites for hydroxylation is 1. The van der Waals surface area contributed by atoms with Gasteiger partial charge in [0.2, 0.25) is 0 Å². The van der Waals surface area contributed by atoms with Crippen LogP contribution in [0.4, 0.5) is 0 Å². The quantitative estimate of drug-likeness (QED) is 0.563. The molecule has 0 N–H and O–H groups in total. The van der Waals surface area contributed by atoms with Crippen molar-refractivity contribution >= 4 is 28.4 Å². The van der Waals surface area contributed by atoms with Crippen molar-refractivity contribution < 1.29 is 0 Å². The molecule has 4 aromatic rings. The van der Waals surface area contributed by atoms with Gasteiger partial charge >= 0.3 is 0 Å². The highest BCUT2D eigenvalue weighted by molar-refractivity contribution is 6.30. The fourth-order valence-corrected chi connectivity index (χ4v) is 2.61. The van der Waals surface area contributed by atoms with Crippen LogP contribution in [0.25, 0.3) is 22.5 Å². The Morgan fingerprint density at radius 1 is 1.22 bits per heavy atom. The van der Waals surface area contributed by atoms with Crippen LogP contribution in [0, 0.1) is 0 Å². The van der Waals surface area contributed by atoms with Crippen molar-refractivity contribution in [1.29, 1.82) is 0 Å². The van der Waals surface area contributed by atoms with Crippen LogP contribution in [0.3, 0.4) is 0 Å². The Bertz CT molecular complexity index is 1100. The van der Waals surface area contributed by atoms with Crippen molar-refractivity contribution in [3.63, 3.8) is 0 Å².